The van der Waals surface area contributed by atoms with Crippen molar-refractivity contribution in [3.63, 3.8) is 0 Å². The Labute approximate surface area is 133 Å². The fourth-order valence-corrected chi connectivity index (χ4v) is 2.36. The van der Waals surface area contributed by atoms with Gasteiger partial charge in [0.15, 0.2) is 0 Å². The number of carbonyl (C=O) groups excluding carboxylic acids is 1. The molecule has 1 rings (SSSR count). The topological polar surface area (TPSA) is 35.6 Å². The van der Waals surface area contributed by atoms with E-state index in [4.69, 9.17) is 11.6 Å². The fraction of sp³-hybridized carbons (Fsp3) is 0.562. The molecule has 0 saturated carbocycles. The number of amides is 2. The lowest BCUT2D eigenvalue weighted by Gasteiger charge is -2.26. The summed E-state index contributed by atoms with van der Waals surface area (Å²) in [6.45, 7) is 5.93. The zero-order valence-electron chi connectivity index (χ0n) is 13.4. The first kappa shape index (κ1) is 17.8. The number of nitrogens with one attached hydrogen (secondary N) is 1. The summed E-state index contributed by atoms with van der Waals surface area (Å²) in [4.78, 5) is 16.2. The maximum absolute atomic E-state index is 12.3. The van der Waals surface area contributed by atoms with Crippen molar-refractivity contribution < 1.29 is 4.79 Å². The van der Waals surface area contributed by atoms with Gasteiger partial charge in [-0.15, -0.1) is 0 Å². The van der Waals surface area contributed by atoms with Crippen molar-refractivity contribution in [2.75, 3.05) is 27.2 Å². The van der Waals surface area contributed by atoms with Crippen LogP contribution in [0.25, 0.3) is 0 Å². The normalized spacial score (nSPS) is 12.3. The van der Waals surface area contributed by atoms with Gasteiger partial charge in [-0.2, -0.15) is 0 Å². The summed E-state index contributed by atoms with van der Waals surface area (Å²) in [5, 5.41) is 3.71. The summed E-state index contributed by atoms with van der Waals surface area (Å²) in [5.41, 5.74) is 0.968. The van der Waals surface area contributed by atoms with E-state index in [1.54, 1.807) is 4.90 Å². The second-order valence-electron chi connectivity index (χ2n) is 5.32. The highest BCUT2D eigenvalue weighted by atomic mass is 35.5. The molecular formula is C16H26ClN3O. The van der Waals surface area contributed by atoms with E-state index in [1.165, 1.54) is 0 Å². The molecule has 2 amide bonds. The van der Waals surface area contributed by atoms with Crippen molar-refractivity contribution in [3.05, 3.63) is 34.9 Å². The van der Waals surface area contributed by atoms with Crippen LogP contribution in [0.3, 0.4) is 0 Å². The summed E-state index contributed by atoms with van der Waals surface area (Å²) in [7, 11) is 4.06. The van der Waals surface area contributed by atoms with Gasteiger partial charge in [-0.3, -0.25) is 0 Å². The fourth-order valence-electron chi connectivity index (χ4n) is 2.17. The molecule has 1 atom stereocenters. The second kappa shape index (κ2) is 8.90. The first-order chi connectivity index (χ1) is 9.99. The number of halogens is 1. The van der Waals surface area contributed by atoms with Gasteiger partial charge in [0.25, 0.3) is 0 Å². The molecule has 0 fully saturated rings. The zero-order valence-corrected chi connectivity index (χ0v) is 14.2. The minimum Gasteiger partial charge on any atom is -0.336 e. The molecule has 4 nitrogen and oxygen atoms in total. The first-order valence-corrected chi connectivity index (χ1v) is 7.79. The third-order valence-corrected chi connectivity index (χ3v) is 4.05. The van der Waals surface area contributed by atoms with E-state index in [2.05, 4.69) is 17.1 Å². The van der Waals surface area contributed by atoms with E-state index in [1.807, 2.05) is 45.3 Å². The monoisotopic (exact) mass is 311 g/mol. The molecule has 0 spiro atoms. The Bertz CT molecular complexity index is 451. The lowest BCUT2D eigenvalue weighted by atomic mass is 10.2. The number of likely N-dealkylation sites (N-methyl/N-ethyl adjacent to an activating group) is 1. The van der Waals surface area contributed by atoms with Gasteiger partial charge in [0.05, 0.1) is 0 Å². The average molecular weight is 312 g/mol. The van der Waals surface area contributed by atoms with Gasteiger partial charge >= 0.3 is 6.03 Å². The Morgan fingerprint density at radius 1 is 1.29 bits per heavy atom. The van der Waals surface area contributed by atoms with Crippen molar-refractivity contribution >= 4 is 17.6 Å². The average Bonchev–Trinajstić information content (AvgIpc) is 2.46. The van der Waals surface area contributed by atoms with Gasteiger partial charge in [0.2, 0.25) is 0 Å². The van der Waals surface area contributed by atoms with Crippen LogP contribution in [0.1, 0.15) is 25.8 Å². The molecule has 0 aliphatic rings. The van der Waals surface area contributed by atoms with Crippen LogP contribution in [0, 0.1) is 0 Å². The molecule has 0 aliphatic carbocycles. The lowest BCUT2D eigenvalue weighted by Crippen LogP contribution is -2.45. The second-order valence-corrected chi connectivity index (χ2v) is 5.72. The largest absolute Gasteiger partial charge is 0.336 e. The summed E-state index contributed by atoms with van der Waals surface area (Å²) in [6, 6.07) is 7.94. The Morgan fingerprint density at radius 2 is 1.95 bits per heavy atom. The predicted molar refractivity (Wildman–Crippen MR) is 88.7 cm³/mol. The van der Waals surface area contributed by atoms with Crippen LogP contribution in [0.4, 0.5) is 4.79 Å². The molecule has 0 unspecified atom stereocenters. The van der Waals surface area contributed by atoms with Crippen LogP contribution >= 0.6 is 11.6 Å². The molecular weight excluding hydrogens is 286 g/mol. The van der Waals surface area contributed by atoms with Crippen LogP contribution in [0.2, 0.25) is 5.02 Å². The third-order valence-electron chi connectivity index (χ3n) is 3.68. The van der Waals surface area contributed by atoms with E-state index in [9.17, 15) is 4.79 Å². The Hall–Kier alpha value is -1.26. The number of urea groups is 1. The molecule has 0 bridgehead atoms. The molecule has 118 valence electrons. The smallest absolute Gasteiger partial charge is 0.317 e. The van der Waals surface area contributed by atoms with Gasteiger partial charge in [-0.05, 0) is 39.1 Å². The quantitative estimate of drug-likeness (QED) is 0.839. The molecule has 0 aromatic heterocycles. The summed E-state index contributed by atoms with van der Waals surface area (Å²) < 4.78 is 0. The molecule has 1 aromatic rings. The highest BCUT2D eigenvalue weighted by Crippen LogP contribution is 2.17. The molecule has 1 N–H and O–H groups in total. The number of rotatable bonds is 7. The molecule has 0 radical (unpaired) electrons. The van der Waals surface area contributed by atoms with Crippen molar-refractivity contribution in [3.8, 4) is 0 Å². The molecule has 1 aromatic carbocycles. The third kappa shape index (κ3) is 5.56. The minimum atomic E-state index is -0.0438. The van der Waals surface area contributed by atoms with Gasteiger partial charge in [0.1, 0.15) is 0 Å². The Morgan fingerprint density at radius 3 is 2.48 bits per heavy atom. The SMILES string of the molecule is CC[C@H](CNC(=O)N(CC)Cc1ccccc1Cl)N(C)C. The maximum Gasteiger partial charge on any atom is 0.317 e. The van der Waals surface area contributed by atoms with E-state index in [0.29, 0.717) is 30.7 Å². The zero-order chi connectivity index (χ0) is 15.8. The predicted octanol–water partition coefficient (Wildman–Crippen LogP) is 3.21. The van der Waals surface area contributed by atoms with Crippen LogP contribution in [0.15, 0.2) is 24.3 Å². The van der Waals surface area contributed by atoms with Crippen molar-refractivity contribution in [1.82, 2.24) is 15.1 Å². The van der Waals surface area contributed by atoms with Gasteiger partial charge in [-0.1, -0.05) is 36.7 Å². The highest BCUT2D eigenvalue weighted by Gasteiger charge is 2.15. The number of benzene rings is 1. The first-order valence-electron chi connectivity index (χ1n) is 7.42. The lowest BCUT2D eigenvalue weighted by molar-refractivity contribution is 0.192. The van der Waals surface area contributed by atoms with Crippen LogP contribution in [-0.4, -0.2) is 49.1 Å². The van der Waals surface area contributed by atoms with Crippen LogP contribution < -0.4 is 5.32 Å². The maximum atomic E-state index is 12.3. The van der Waals surface area contributed by atoms with Crippen molar-refractivity contribution in [1.29, 1.82) is 0 Å². The highest BCUT2D eigenvalue weighted by molar-refractivity contribution is 6.31. The van der Waals surface area contributed by atoms with Crippen LogP contribution in [-0.2, 0) is 6.54 Å². The summed E-state index contributed by atoms with van der Waals surface area (Å²) >= 11 is 6.16. The van der Waals surface area contributed by atoms with Gasteiger partial charge < -0.3 is 15.1 Å². The molecule has 5 heteroatoms. The molecule has 0 aliphatic heterocycles. The summed E-state index contributed by atoms with van der Waals surface area (Å²) in [5.74, 6) is 0. The molecule has 0 heterocycles. The van der Waals surface area contributed by atoms with Crippen LogP contribution in [0.5, 0.6) is 0 Å². The number of hydrogen-bond donors (Lipinski definition) is 1. The van der Waals surface area contributed by atoms with Crippen molar-refractivity contribution in [2.24, 2.45) is 0 Å². The number of hydrogen-bond acceptors (Lipinski definition) is 2. The van der Waals surface area contributed by atoms with E-state index >= 15 is 0 Å². The van der Waals surface area contributed by atoms with Gasteiger partial charge in [0, 0.05) is 30.7 Å². The van der Waals surface area contributed by atoms with Gasteiger partial charge in [-0.25, -0.2) is 4.79 Å². The van der Waals surface area contributed by atoms with E-state index in [0.717, 1.165) is 12.0 Å². The van der Waals surface area contributed by atoms with E-state index < -0.39 is 0 Å². The standard InChI is InChI=1S/C16H26ClN3O/c1-5-14(19(3)4)11-18-16(21)20(6-2)12-13-9-7-8-10-15(13)17/h7-10,14H,5-6,11-12H2,1-4H3,(H,18,21)/t14-/m1/s1. The molecule has 21 heavy (non-hydrogen) atoms. The Kier molecular flexibility index (Phi) is 7.54. The summed E-state index contributed by atoms with van der Waals surface area (Å²) in [6.07, 6.45) is 1.00. The van der Waals surface area contributed by atoms with Crippen molar-refractivity contribution in [2.45, 2.75) is 32.9 Å². The Balaban J connectivity index is 2.59. The van der Waals surface area contributed by atoms with E-state index in [-0.39, 0.29) is 6.03 Å². The molecule has 0 saturated heterocycles. The number of carbonyl (C=O) groups is 1. The minimum absolute atomic E-state index is 0.0438. The number of nitrogens with zero attached hydrogens (tertiary/aromatic N) is 2.